The normalized spacial score (nSPS) is 10.0. The lowest BCUT2D eigenvalue weighted by Gasteiger charge is -2.11. The average molecular weight is 408 g/mol. The van der Waals surface area contributed by atoms with E-state index in [4.69, 9.17) is 26.8 Å². The van der Waals surface area contributed by atoms with Gasteiger partial charge in [-0.15, -0.1) is 11.3 Å². The number of hydrogen-bond donors (Lipinski definition) is 3. The lowest BCUT2D eigenvalue weighted by Crippen LogP contribution is -2.20. The van der Waals surface area contributed by atoms with Crippen LogP contribution in [0.4, 0.5) is 10.7 Å². The van der Waals surface area contributed by atoms with Gasteiger partial charge in [0.25, 0.3) is 0 Å². The number of methoxy groups -OCH3 is 2. The summed E-state index contributed by atoms with van der Waals surface area (Å²) in [6.45, 7) is 1.60. The molecule has 3 N–H and O–H groups in total. The zero-order valence-corrected chi connectivity index (χ0v) is 16.2. The molecule has 10 heteroatoms. The Morgan fingerprint density at radius 2 is 1.78 bits per heavy atom. The van der Waals surface area contributed by atoms with Crippen LogP contribution in [0.1, 0.15) is 36.0 Å². The van der Waals surface area contributed by atoms with Crippen LogP contribution in [-0.4, -0.2) is 42.3 Å². The van der Waals surface area contributed by atoms with E-state index in [9.17, 15) is 14.4 Å². The number of nitrogens with one attached hydrogen (secondary N) is 2. The molecule has 0 atom stereocenters. The van der Waals surface area contributed by atoms with Gasteiger partial charge in [-0.2, -0.15) is 0 Å². The number of benzene rings is 1. The molecule has 8 nitrogen and oxygen atoms in total. The van der Waals surface area contributed by atoms with Crippen molar-refractivity contribution in [1.29, 1.82) is 0 Å². The van der Waals surface area contributed by atoms with Gasteiger partial charge >= 0.3 is 17.9 Å². The van der Waals surface area contributed by atoms with E-state index in [1.165, 1.54) is 26.4 Å². The summed E-state index contributed by atoms with van der Waals surface area (Å²) in [5, 5.41) is 15.1. The summed E-state index contributed by atoms with van der Waals surface area (Å²) in [5.41, 5.74) is 1.13. The summed E-state index contributed by atoms with van der Waals surface area (Å²) in [5.74, 6) is -2.28. The van der Waals surface area contributed by atoms with Crippen molar-refractivity contribution in [3.63, 3.8) is 0 Å². The molecule has 0 saturated carbocycles. The van der Waals surface area contributed by atoms with Crippen LogP contribution in [0.2, 0.25) is 0 Å². The number of carbonyl (C=O) groups is 3. The van der Waals surface area contributed by atoms with Gasteiger partial charge in [-0.05, 0) is 42.9 Å². The lowest BCUT2D eigenvalue weighted by molar-refractivity contribution is 0.0600. The predicted octanol–water partition coefficient (Wildman–Crippen LogP) is 3.14. The molecule has 27 heavy (non-hydrogen) atoms. The first-order valence-corrected chi connectivity index (χ1v) is 8.72. The number of rotatable bonds is 5. The van der Waals surface area contributed by atoms with Gasteiger partial charge in [0, 0.05) is 5.69 Å². The van der Waals surface area contributed by atoms with Gasteiger partial charge < -0.3 is 25.2 Å². The van der Waals surface area contributed by atoms with Crippen LogP contribution in [0.15, 0.2) is 24.3 Å². The Kier molecular flexibility index (Phi) is 6.48. The third-order valence-corrected chi connectivity index (χ3v) is 4.89. The fourth-order valence-electron chi connectivity index (χ4n) is 2.23. The van der Waals surface area contributed by atoms with Crippen LogP contribution in [-0.2, 0) is 9.47 Å². The number of thiocarbonyl (C=S) groups is 1. The zero-order valence-electron chi connectivity index (χ0n) is 14.6. The molecule has 0 spiro atoms. The Morgan fingerprint density at radius 3 is 2.37 bits per heavy atom. The Morgan fingerprint density at radius 1 is 1.11 bits per heavy atom. The molecule has 0 aliphatic heterocycles. The average Bonchev–Trinajstić information content (AvgIpc) is 2.96. The summed E-state index contributed by atoms with van der Waals surface area (Å²) < 4.78 is 9.50. The first-order chi connectivity index (χ1) is 12.8. The van der Waals surface area contributed by atoms with E-state index >= 15 is 0 Å². The van der Waals surface area contributed by atoms with Crippen LogP contribution in [0, 0.1) is 6.92 Å². The molecule has 0 bridgehead atoms. The van der Waals surface area contributed by atoms with E-state index in [-0.39, 0.29) is 21.1 Å². The summed E-state index contributed by atoms with van der Waals surface area (Å²) in [4.78, 5) is 35.3. The summed E-state index contributed by atoms with van der Waals surface area (Å²) in [6, 6.07) is 6.07. The minimum atomic E-state index is -1.07. The summed E-state index contributed by atoms with van der Waals surface area (Å²) in [6.07, 6.45) is 0. The molecule has 1 aromatic carbocycles. The number of carbonyl (C=O) groups excluding carboxylic acids is 2. The van der Waals surface area contributed by atoms with Crippen molar-refractivity contribution in [3.8, 4) is 0 Å². The van der Waals surface area contributed by atoms with Crippen molar-refractivity contribution in [2.75, 3.05) is 24.9 Å². The van der Waals surface area contributed by atoms with Crippen LogP contribution in [0.25, 0.3) is 0 Å². The third kappa shape index (κ3) is 4.60. The molecule has 2 aromatic rings. The summed E-state index contributed by atoms with van der Waals surface area (Å²) >= 11 is 6.23. The summed E-state index contributed by atoms with van der Waals surface area (Å²) in [7, 11) is 2.48. The highest BCUT2D eigenvalue weighted by atomic mass is 32.1. The number of ether oxygens (including phenoxy) is 2. The Balaban J connectivity index is 2.29. The number of aromatic carboxylic acids is 1. The second-order valence-electron chi connectivity index (χ2n) is 5.21. The number of carboxylic acids is 1. The largest absolute Gasteiger partial charge is 0.478 e. The monoisotopic (exact) mass is 408 g/mol. The van der Waals surface area contributed by atoms with Crippen molar-refractivity contribution < 1.29 is 29.0 Å². The number of hydrogen-bond acceptors (Lipinski definition) is 7. The Hall–Kier alpha value is -2.98. The molecule has 0 unspecified atom stereocenters. The highest BCUT2D eigenvalue weighted by molar-refractivity contribution is 7.80. The van der Waals surface area contributed by atoms with Crippen LogP contribution in [0.3, 0.4) is 0 Å². The topological polar surface area (TPSA) is 114 Å². The van der Waals surface area contributed by atoms with Crippen LogP contribution >= 0.6 is 23.6 Å². The minimum absolute atomic E-state index is 0.0954. The van der Waals surface area contributed by atoms with E-state index in [2.05, 4.69) is 10.6 Å². The Bertz CT molecular complexity index is 922. The highest BCUT2D eigenvalue weighted by Crippen LogP contribution is 2.34. The molecule has 0 radical (unpaired) electrons. The number of anilines is 2. The van der Waals surface area contributed by atoms with Crippen molar-refractivity contribution in [3.05, 3.63) is 45.8 Å². The van der Waals surface area contributed by atoms with E-state index in [0.717, 1.165) is 11.3 Å². The van der Waals surface area contributed by atoms with Crippen molar-refractivity contribution in [2.45, 2.75) is 6.92 Å². The smallest absolute Gasteiger partial charge is 0.348 e. The standard InChI is InChI=1S/C17H16N2O6S2/c1-8-11(15(22)24-2)13(27-12(8)16(23)25-3)19-17(26)18-10-6-4-5-9(7-10)14(20)21/h4-7H,1-3H3,(H,20,21)(H2,18,19,26). The SMILES string of the molecule is COC(=O)c1sc(NC(=S)Nc2cccc(C(=O)O)c2)c(C(=O)OC)c1C. The lowest BCUT2D eigenvalue weighted by atomic mass is 10.1. The highest BCUT2D eigenvalue weighted by Gasteiger charge is 2.26. The van der Waals surface area contributed by atoms with Crippen LogP contribution in [0.5, 0.6) is 0 Å². The Labute approximate surface area is 164 Å². The fourth-order valence-corrected chi connectivity index (χ4v) is 3.63. The molecule has 2 rings (SSSR count). The number of thiophene rings is 1. The molecular formula is C17H16N2O6S2. The van der Waals surface area contributed by atoms with Gasteiger partial charge in [-0.3, -0.25) is 0 Å². The van der Waals surface area contributed by atoms with Crippen LogP contribution < -0.4 is 10.6 Å². The molecule has 0 aliphatic rings. The molecular weight excluding hydrogens is 392 g/mol. The predicted molar refractivity (Wildman–Crippen MR) is 105 cm³/mol. The van der Waals surface area contributed by atoms with Crippen molar-refractivity contribution >= 4 is 57.3 Å². The fraction of sp³-hybridized carbons (Fsp3) is 0.176. The van der Waals surface area contributed by atoms with Gasteiger partial charge in [0.2, 0.25) is 0 Å². The van der Waals surface area contributed by atoms with E-state index < -0.39 is 17.9 Å². The molecule has 0 saturated heterocycles. The van der Waals surface area contributed by atoms with Gasteiger partial charge in [0.15, 0.2) is 5.11 Å². The van der Waals surface area contributed by atoms with E-state index in [0.29, 0.717) is 16.3 Å². The van der Waals surface area contributed by atoms with Crippen molar-refractivity contribution in [2.24, 2.45) is 0 Å². The maximum atomic E-state index is 12.1. The first kappa shape index (κ1) is 20.3. The zero-order chi connectivity index (χ0) is 20.1. The van der Waals surface area contributed by atoms with Gasteiger partial charge in [-0.25, -0.2) is 14.4 Å². The molecule has 0 aliphatic carbocycles. The molecule has 1 heterocycles. The maximum Gasteiger partial charge on any atom is 0.348 e. The van der Waals surface area contributed by atoms with Gasteiger partial charge in [0.1, 0.15) is 9.88 Å². The number of esters is 2. The molecule has 0 amide bonds. The van der Waals surface area contributed by atoms with Crippen molar-refractivity contribution in [1.82, 2.24) is 0 Å². The first-order valence-electron chi connectivity index (χ1n) is 7.49. The van der Waals surface area contributed by atoms with Gasteiger partial charge in [-0.1, -0.05) is 6.07 Å². The molecule has 1 aromatic heterocycles. The van der Waals surface area contributed by atoms with E-state index in [1.54, 1.807) is 19.1 Å². The quantitative estimate of drug-likeness (QED) is 0.507. The molecule has 142 valence electrons. The minimum Gasteiger partial charge on any atom is -0.478 e. The maximum absolute atomic E-state index is 12.1. The molecule has 0 fully saturated rings. The van der Waals surface area contributed by atoms with E-state index in [1.807, 2.05) is 0 Å². The second kappa shape index (κ2) is 8.60. The second-order valence-corrected chi connectivity index (χ2v) is 6.64. The number of carboxylic acid groups (broad SMARTS) is 1. The third-order valence-electron chi connectivity index (χ3n) is 3.50. The van der Waals surface area contributed by atoms with Gasteiger partial charge in [0.05, 0.1) is 25.3 Å².